The summed E-state index contributed by atoms with van der Waals surface area (Å²) in [7, 11) is 0. The number of para-hydroxylation sites is 1. The van der Waals surface area contributed by atoms with Gasteiger partial charge in [0.05, 0.1) is 35.2 Å². The van der Waals surface area contributed by atoms with Gasteiger partial charge in [-0.15, -0.1) is 0 Å². The van der Waals surface area contributed by atoms with Gasteiger partial charge in [-0.25, -0.2) is 9.67 Å². The van der Waals surface area contributed by atoms with Gasteiger partial charge in [-0.3, -0.25) is 9.36 Å². The van der Waals surface area contributed by atoms with Crippen LogP contribution in [-0.4, -0.2) is 19.3 Å². The highest BCUT2D eigenvalue weighted by atomic mass is 79.9. The Bertz CT molecular complexity index is 1070. The topological polar surface area (TPSA) is 52.7 Å². The summed E-state index contributed by atoms with van der Waals surface area (Å²) in [5, 5.41) is 5.13. The minimum atomic E-state index is -0.0736. The molecule has 2 heterocycles. The van der Waals surface area contributed by atoms with Crippen molar-refractivity contribution in [2.24, 2.45) is 0 Å². The number of hydrogen-bond donors (Lipinski definition) is 0. The first-order valence-electron chi connectivity index (χ1n) is 7.45. The summed E-state index contributed by atoms with van der Waals surface area (Å²) in [6.07, 6.45) is 3.46. The van der Waals surface area contributed by atoms with E-state index >= 15 is 0 Å². The van der Waals surface area contributed by atoms with Crippen molar-refractivity contribution in [3.8, 4) is 5.69 Å². The van der Waals surface area contributed by atoms with Gasteiger partial charge in [0.15, 0.2) is 0 Å². The van der Waals surface area contributed by atoms with Gasteiger partial charge in [0.1, 0.15) is 0 Å². The van der Waals surface area contributed by atoms with Crippen LogP contribution in [0.25, 0.3) is 16.6 Å². The molecule has 24 heavy (non-hydrogen) atoms. The molecule has 0 spiro atoms. The van der Waals surface area contributed by atoms with E-state index in [1.54, 1.807) is 21.6 Å². The summed E-state index contributed by atoms with van der Waals surface area (Å²) < 4.78 is 4.23. The number of fused-ring (bicyclic) bond motifs is 1. The lowest BCUT2D eigenvalue weighted by molar-refractivity contribution is 0.712. The molecule has 0 N–H and O–H groups in total. The van der Waals surface area contributed by atoms with Crippen molar-refractivity contribution in [2.75, 3.05) is 0 Å². The average molecular weight is 381 g/mol. The van der Waals surface area contributed by atoms with Crippen LogP contribution in [0.1, 0.15) is 5.69 Å². The Balaban J connectivity index is 1.69. The van der Waals surface area contributed by atoms with Gasteiger partial charge < -0.3 is 0 Å². The zero-order valence-electron chi connectivity index (χ0n) is 12.6. The molecular weight excluding hydrogens is 368 g/mol. The van der Waals surface area contributed by atoms with Gasteiger partial charge in [-0.05, 0) is 36.4 Å². The van der Waals surface area contributed by atoms with Crippen LogP contribution >= 0.6 is 15.9 Å². The highest BCUT2D eigenvalue weighted by Gasteiger charge is 2.07. The highest BCUT2D eigenvalue weighted by molar-refractivity contribution is 9.10. The first-order chi connectivity index (χ1) is 11.7. The second kappa shape index (κ2) is 6.05. The van der Waals surface area contributed by atoms with Crippen molar-refractivity contribution in [3.05, 3.63) is 87.6 Å². The summed E-state index contributed by atoms with van der Waals surface area (Å²) in [4.78, 5) is 17.0. The minimum absolute atomic E-state index is 0.0736. The fraction of sp³-hybridized carbons (Fsp3) is 0.0556. The molecule has 2 aromatic carbocycles. The summed E-state index contributed by atoms with van der Waals surface area (Å²) in [6.45, 7) is 0.383. The maximum atomic E-state index is 12.6. The lowest BCUT2D eigenvalue weighted by Gasteiger charge is -2.05. The summed E-state index contributed by atoms with van der Waals surface area (Å²) in [5.74, 6) is 0. The molecule has 0 bridgehead atoms. The zero-order valence-corrected chi connectivity index (χ0v) is 14.2. The molecule has 4 aromatic rings. The van der Waals surface area contributed by atoms with Crippen LogP contribution in [0, 0.1) is 0 Å². The van der Waals surface area contributed by atoms with Crippen LogP contribution in [0.3, 0.4) is 0 Å². The highest BCUT2D eigenvalue weighted by Crippen LogP contribution is 2.15. The predicted octanol–water partition coefficient (Wildman–Crippen LogP) is 3.39. The Labute approximate surface area is 146 Å². The van der Waals surface area contributed by atoms with Gasteiger partial charge in [0.25, 0.3) is 5.56 Å². The van der Waals surface area contributed by atoms with Crippen LogP contribution in [0.15, 0.2) is 76.4 Å². The van der Waals surface area contributed by atoms with E-state index < -0.39 is 0 Å². The molecule has 0 unspecified atom stereocenters. The van der Waals surface area contributed by atoms with Crippen molar-refractivity contribution < 1.29 is 0 Å². The Kier molecular flexibility index (Phi) is 3.74. The molecule has 0 radical (unpaired) electrons. The van der Waals surface area contributed by atoms with E-state index in [0.29, 0.717) is 17.4 Å². The second-order valence-corrected chi connectivity index (χ2v) is 6.34. The Morgan fingerprint density at radius 2 is 1.88 bits per heavy atom. The number of aromatic nitrogens is 4. The first-order valence-corrected chi connectivity index (χ1v) is 8.25. The maximum absolute atomic E-state index is 12.6. The molecule has 0 amide bonds. The number of benzene rings is 2. The van der Waals surface area contributed by atoms with E-state index in [2.05, 4.69) is 26.0 Å². The van der Waals surface area contributed by atoms with Crippen LogP contribution < -0.4 is 5.56 Å². The molecule has 4 rings (SSSR count). The molecule has 0 saturated carbocycles. The van der Waals surface area contributed by atoms with E-state index in [4.69, 9.17) is 0 Å². The lowest BCUT2D eigenvalue weighted by Crippen LogP contribution is -2.21. The lowest BCUT2D eigenvalue weighted by atomic mass is 10.2. The number of rotatable bonds is 3. The molecule has 0 aliphatic rings. The van der Waals surface area contributed by atoms with E-state index in [1.807, 2.05) is 54.7 Å². The van der Waals surface area contributed by atoms with E-state index in [1.165, 1.54) is 0 Å². The summed E-state index contributed by atoms with van der Waals surface area (Å²) in [5.41, 5.74) is 2.40. The molecule has 6 heteroatoms. The quantitative estimate of drug-likeness (QED) is 0.547. The van der Waals surface area contributed by atoms with Crippen molar-refractivity contribution in [2.45, 2.75) is 6.54 Å². The van der Waals surface area contributed by atoms with Gasteiger partial charge in [-0.2, -0.15) is 5.10 Å². The monoisotopic (exact) mass is 380 g/mol. The fourth-order valence-electron chi connectivity index (χ4n) is 2.59. The summed E-state index contributed by atoms with van der Waals surface area (Å²) >= 11 is 3.40. The van der Waals surface area contributed by atoms with Crippen molar-refractivity contribution >= 4 is 26.8 Å². The molecule has 118 valence electrons. The molecular formula is C18H13BrN4O. The molecule has 0 fully saturated rings. The SMILES string of the molecule is O=c1c2cc(Br)ccc2ncn1Cc1ccn(-c2ccccc2)n1. The van der Waals surface area contributed by atoms with Crippen LogP contribution in [-0.2, 0) is 6.54 Å². The van der Waals surface area contributed by atoms with E-state index in [0.717, 1.165) is 15.9 Å². The van der Waals surface area contributed by atoms with Crippen LogP contribution in [0.5, 0.6) is 0 Å². The van der Waals surface area contributed by atoms with Gasteiger partial charge in [-0.1, -0.05) is 34.1 Å². The molecule has 0 saturated heterocycles. The third kappa shape index (κ3) is 2.76. The molecule has 0 aliphatic carbocycles. The fourth-order valence-corrected chi connectivity index (χ4v) is 2.95. The normalized spacial score (nSPS) is 11.0. The third-order valence-corrected chi connectivity index (χ3v) is 4.28. The Morgan fingerprint density at radius 1 is 1.04 bits per heavy atom. The first kappa shape index (κ1) is 14.8. The third-order valence-electron chi connectivity index (χ3n) is 3.78. The van der Waals surface area contributed by atoms with Gasteiger partial charge >= 0.3 is 0 Å². The largest absolute Gasteiger partial charge is 0.293 e. The molecule has 0 aliphatic heterocycles. The number of hydrogen-bond acceptors (Lipinski definition) is 3. The average Bonchev–Trinajstić information content (AvgIpc) is 3.07. The van der Waals surface area contributed by atoms with Crippen molar-refractivity contribution in [3.63, 3.8) is 0 Å². The Hall–Kier alpha value is -2.73. The standard InChI is InChI=1S/C18H13BrN4O/c19-13-6-7-17-16(10-13)18(24)22(12-20-17)11-14-8-9-23(21-14)15-4-2-1-3-5-15/h1-10,12H,11H2. The number of nitrogens with zero attached hydrogens (tertiary/aromatic N) is 4. The predicted molar refractivity (Wildman–Crippen MR) is 96.4 cm³/mol. The van der Waals surface area contributed by atoms with Gasteiger partial charge in [0.2, 0.25) is 0 Å². The smallest absolute Gasteiger partial charge is 0.261 e. The van der Waals surface area contributed by atoms with E-state index in [9.17, 15) is 4.79 Å². The van der Waals surface area contributed by atoms with Crippen LogP contribution in [0.4, 0.5) is 0 Å². The maximum Gasteiger partial charge on any atom is 0.261 e. The zero-order chi connectivity index (χ0) is 16.5. The summed E-state index contributed by atoms with van der Waals surface area (Å²) in [6, 6.07) is 17.3. The van der Waals surface area contributed by atoms with E-state index in [-0.39, 0.29) is 5.56 Å². The van der Waals surface area contributed by atoms with Crippen molar-refractivity contribution in [1.82, 2.24) is 19.3 Å². The second-order valence-electron chi connectivity index (χ2n) is 5.43. The Morgan fingerprint density at radius 3 is 2.71 bits per heavy atom. The number of halogens is 1. The van der Waals surface area contributed by atoms with Gasteiger partial charge in [0, 0.05) is 10.7 Å². The minimum Gasteiger partial charge on any atom is -0.293 e. The molecule has 5 nitrogen and oxygen atoms in total. The van der Waals surface area contributed by atoms with Crippen molar-refractivity contribution in [1.29, 1.82) is 0 Å². The molecule has 0 atom stereocenters. The van der Waals surface area contributed by atoms with Crippen LogP contribution in [0.2, 0.25) is 0 Å². The molecule has 2 aromatic heterocycles.